The summed E-state index contributed by atoms with van der Waals surface area (Å²) in [5, 5.41) is 19.8. The number of fused-ring (bicyclic) bond motifs is 6. The first kappa shape index (κ1) is 20.1. The molecule has 0 radical (unpaired) electrons. The van der Waals surface area contributed by atoms with Crippen LogP contribution in [-0.4, -0.2) is 42.9 Å². The van der Waals surface area contributed by atoms with Crippen LogP contribution in [0.15, 0.2) is 11.6 Å². The molecule has 7 atom stereocenters. The molecule has 3 unspecified atom stereocenters. The minimum absolute atomic E-state index is 0.0549. The Kier molecular flexibility index (Phi) is 4.25. The second kappa shape index (κ2) is 6.13. The maximum absolute atomic E-state index is 12.4. The van der Waals surface area contributed by atoms with E-state index in [2.05, 4.69) is 13.0 Å². The number of hydrogen-bond acceptors (Lipinski definition) is 7. The molecule has 5 rings (SSSR count). The molecule has 0 amide bonds. The SMILES string of the molecule is C[C@]12CCC3C(CC=C4C[C@H](O)CC5(OS(=O)(=O)O5)[C@@]43C)C1CC[C@@H]2C(=O)CO. The number of aliphatic hydroxyl groups is 2. The first-order valence-electron chi connectivity index (χ1n) is 10.7. The number of allylic oxidation sites excluding steroid dienone is 1. The van der Waals surface area contributed by atoms with E-state index in [4.69, 9.17) is 8.37 Å². The van der Waals surface area contributed by atoms with E-state index < -0.39 is 34.3 Å². The van der Waals surface area contributed by atoms with Crippen molar-refractivity contribution in [2.45, 2.75) is 70.7 Å². The van der Waals surface area contributed by atoms with Crippen molar-refractivity contribution in [3.05, 3.63) is 11.6 Å². The summed E-state index contributed by atoms with van der Waals surface area (Å²) < 4.78 is 34.5. The lowest BCUT2D eigenvalue weighted by Gasteiger charge is -2.64. The molecule has 1 saturated heterocycles. The number of aliphatic hydroxyl groups excluding tert-OH is 2. The lowest BCUT2D eigenvalue weighted by molar-refractivity contribution is -0.294. The van der Waals surface area contributed by atoms with Gasteiger partial charge in [0.2, 0.25) is 5.79 Å². The van der Waals surface area contributed by atoms with Crippen molar-refractivity contribution in [1.82, 2.24) is 0 Å². The third-order valence-corrected chi connectivity index (χ3v) is 10.2. The normalized spacial score (nSPS) is 49.4. The average Bonchev–Trinajstić information content (AvgIpc) is 2.98. The summed E-state index contributed by atoms with van der Waals surface area (Å²) in [7, 11) is -4.00. The fraction of sp³-hybridized carbons (Fsp3) is 0.857. The van der Waals surface area contributed by atoms with Gasteiger partial charge in [-0.25, -0.2) is 8.37 Å². The maximum Gasteiger partial charge on any atom is 0.405 e. The molecule has 0 aromatic carbocycles. The van der Waals surface area contributed by atoms with Crippen molar-refractivity contribution >= 4 is 16.2 Å². The Morgan fingerprint density at radius 2 is 1.93 bits per heavy atom. The van der Waals surface area contributed by atoms with Crippen molar-refractivity contribution in [2.24, 2.45) is 34.5 Å². The minimum Gasteiger partial charge on any atom is -0.393 e. The Balaban J connectivity index is 1.53. The van der Waals surface area contributed by atoms with Gasteiger partial charge >= 0.3 is 10.4 Å². The second-order valence-electron chi connectivity index (χ2n) is 10.2. The summed E-state index contributed by atoms with van der Waals surface area (Å²) in [5.41, 5.74) is 0.301. The van der Waals surface area contributed by atoms with Gasteiger partial charge in [-0.1, -0.05) is 25.5 Å². The van der Waals surface area contributed by atoms with E-state index in [1.165, 1.54) is 0 Å². The van der Waals surface area contributed by atoms with E-state index in [1.54, 1.807) is 0 Å². The molecule has 1 heterocycles. The number of hydrogen-bond donors (Lipinski definition) is 2. The van der Waals surface area contributed by atoms with Gasteiger partial charge in [-0.05, 0) is 61.7 Å². The lowest BCUT2D eigenvalue weighted by Crippen LogP contribution is -2.69. The molecule has 2 N–H and O–H groups in total. The Labute approximate surface area is 171 Å². The van der Waals surface area contributed by atoms with E-state index in [0.29, 0.717) is 18.3 Å². The second-order valence-corrected chi connectivity index (χ2v) is 11.4. The van der Waals surface area contributed by atoms with Crippen molar-refractivity contribution < 1.29 is 31.8 Å². The van der Waals surface area contributed by atoms with Gasteiger partial charge in [-0.15, -0.1) is 0 Å². The topological polar surface area (TPSA) is 110 Å². The lowest BCUT2D eigenvalue weighted by atomic mass is 9.46. The average molecular weight is 427 g/mol. The highest BCUT2D eigenvalue weighted by Crippen LogP contribution is 2.70. The molecule has 8 heteroatoms. The summed E-state index contributed by atoms with van der Waals surface area (Å²) in [4.78, 5) is 12.4. The maximum atomic E-state index is 12.4. The number of rotatable bonds is 2. The molecule has 0 bridgehead atoms. The first-order chi connectivity index (χ1) is 13.6. The van der Waals surface area contributed by atoms with Crippen molar-refractivity contribution in [1.29, 1.82) is 0 Å². The molecule has 1 aliphatic heterocycles. The summed E-state index contributed by atoms with van der Waals surface area (Å²) in [6, 6.07) is 0. The van der Waals surface area contributed by atoms with Crippen LogP contribution in [0.4, 0.5) is 0 Å². The molecule has 162 valence electrons. The van der Waals surface area contributed by atoms with Crippen LogP contribution in [0.1, 0.15) is 58.8 Å². The molecule has 7 nitrogen and oxygen atoms in total. The molecule has 4 aliphatic carbocycles. The highest BCUT2D eigenvalue weighted by Gasteiger charge is 2.72. The molecular weight excluding hydrogens is 396 g/mol. The fourth-order valence-electron chi connectivity index (χ4n) is 7.95. The number of carbonyl (C=O) groups excluding carboxylic acids is 1. The Morgan fingerprint density at radius 1 is 1.21 bits per heavy atom. The summed E-state index contributed by atoms with van der Waals surface area (Å²) in [6.45, 7) is 3.84. The molecule has 0 aromatic rings. The highest BCUT2D eigenvalue weighted by molar-refractivity contribution is 7.82. The van der Waals surface area contributed by atoms with Crippen LogP contribution in [0, 0.1) is 34.5 Å². The molecular formula is C21H30O7S. The van der Waals surface area contributed by atoms with E-state index in [1.807, 2.05) is 6.92 Å². The van der Waals surface area contributed by atoms with Gasteiger partial charge in [0, 0.05) is 17.8 Å². The fourth-order valence-corrected chi connectivity index (χ4v) is 9.10. The standard InChI is InChI=1S/C21H30O7S/c1-19-8-7-16-14(15(19)5-6-17(19)18(24)11-22)4-3-12-9-13(23)10-21(20(12,16)2)27-29(25,26)28-21/h3,13-17,22-23H,4-11H2,1-2H3/t13-,14?,15?,16?,17+,19-,20-/m0/s1. The summed E-state index contributed by atoms with van der Waals surface area (Å²) >= 11 is 0. The van der Waals surface area contributed by atoms with Gasteiger partial charge in [0.25, 0.3) is 0 Å². The van der Waals surface area contributed by atoms with Gasteiger partial charge < -0.3 is 10.2 Å². The monoisotopic (exact) mass is 426 g/mol. The Bertz CT molecular complexity index is 867. The number of carbonyl (C=O) groups is 1. The molecule has 4 fully saturated rings. The van der Waals surface area contributed by atoms with Crippen molar-refractivity contribution in [3.8, 4) is 0 Å². The van der Waals surface area contributed by atoms with Crippen LogP contribution in [0.25, 0.3) is 0 Å². The van der Waals surface area contributed by atoms with Crippen LogP contribution < -0.4 is 0 Å². The third kappa shape index (κ3) is 2.50. The van der Waals surface area contributed by atoms with Crippen molar-refractivity contribution in [2.75, 3.05) is 6.61 Å². The van der Waals surface area contributed by atoms with E-state index >= 15 is 0 Å². The number of Topliss-reactive ketones (excluding diaryl/α,β-unsaturated/α-hetero) is 1. The zero-order valence-electron chi connectivity index (χ0n) is 17.0. The molecule has 3 saturated carbocycles. The number of ketones is 1. The van der Waals surface area contributed by atoms with Crippen LogP contribution in [-0.2, 0) is 23.6 Å². The summed E-state index contributed by atoms with van der Waals surface area (Å²) in [6.07, 6.45) is 6.48. The van der Waals surface area contributed by atoms with E-state index in [9.17, 15) is 23.4 Å². The Hall–Kier alpha value is -0.800. The first-order valence-corrected chi connectivity index (χ1v) is 12.1. The predicted octanol–water partition coefficient (Wildman–Crippen LogP) is 2.09. The van der Waals surface area contributed by atoms with Gasteiger partial charge in [0.15, 0.2) is 5.78 Å². The summed E-state index contributed by atoms with van der Waals surface area (Å²) in [5.74, 6) is -0.660. The van der Waals surface area contributed by atoms with Crippen LogP contribution in [0.2, 0.25) is 0 Å². The van der Waals surface area contributed by atoms with Gasteiger partial charge in [-0.3, -0.25) is 4.79 Å². The zero-order valence-corrected chi connectivity index (χ0v) is 17.8. The van der Waals surface area contributed by atoms with Crippen LogP contribution >= 0.6 is 0 Å². The predicted molar refractivity (Wildman–Crippen MR) is 102 cm³/mol. The minimum atomic E-state index is -4.00. The van der Waals surface area contributed by atoms with Crippen LogP contribution in [0.3, 0.4) is 0 Å². The van der Waals surface area contributed by atoms with E-state index in [0.717, 1.165) is 37.7 Å². The van der Waals surface area contributed by atoms with Gasteiger partial charge in [0.05, 0.1) is 6.10 Å². The smallest absolute Gasteiger partial charge is 0.393 e. The van der Waals surface area contributed by atoms with Gasteiger partial charge in [0.1, 0.15) is 6.61 Å². The quantitative estimate of drug-likeness (QED) is 0.651. The van der Waals surface area contributed by atoms with Crippen molar-refractivity contribution in [3.63, 3.8) is 0 Å². The molecule has 1 spiro atoms. The zero-order chi connectivity index (χ0) is 20.8. The van der Waals surface area contributed by atoms with Gasteiger partial charge in [-0.2, -0.15) is 8.42 Å². The molecule has 5 aliphatic rings. The third-order valence-electron chi connectivity index (χ3n) is 9.25. The molecule has 29 heavy (non-hydrogen) atoms. The molecule has 0 aromatic heterocycles. The van der Waals surface area contributed by atoms with E-state index in [-0.39, 0.29) is 29.5 Å². The highest BCUT2D eigenvalue weighted by atomic mass is 32.3. The largest absolute Gasteiger partial charge is 0.405 e. The Morgan fingerprint density at radius 3 is 2.59 bits per heavy atom. The van der Waals surface area contributed by atoms with Crippen LogP contribution in [0.5, 0.6) is 0 Å².